The maximum atomic E-state index is 12.4. The summed E-state index contributed by atoms with van der Waals surface area (Å²) in [7, 11) is 0. The van der Waals surface area contributed by atoms with Gasteiger partial charge >= 0.3 is 6.09 Å². The minimum Gasteiger partial charge on any atom is -0.444 e. The maximum Gasteiger partial charge on any atom is 0.410 e. The van der Waals surface area contributed by atoms with Gasteiger partial charge in [0, 0.05) is 24.9 Å². The monoisotopic (exact) mass is 297 g/mol. The Kier molecular flexibility index (Phi) is 6.24. The van der Waals surface area contributed by atoms with Gasteiger partial charge in [-0.1, -0.05) is 27.2 Å². The van der Waals surface area contributed by atoms with Crippen LogP contribution in [0.5, 0.6) is 0 Å². The molecule has 1 aliphatic rings. The molecule has 1 fully saturated rings. The van der Waals surface area contributed by atoms with Crippen molar-refractivity contribution >= 4 is 11.9 Å². The van der Waals surface area contributed by atoms with Crippen molar-refractivity contribution in [3.05, 3.63) is 0 Å². The van der Waals surface area contributed by atoms with Crippen LogP contribution in [0.15, 0.2) is 0 Å². The molecule has 0 spiro atoms. The average Bonchev–Trinajstić information content (AvgIpc) is 2.36. The van der Waals surface area contributed by atoms with E-state index < -0.39 is 5.60 Å². The molecular weight excluding hydrogens is 266 g/mol. The molecule has 0 aromatic heterocycles. The first kappa shape index (κ1) is 18.0. The summed E-state index contributed by atoms with van der Waals surface area (Å²) in [5, 5.41) is 0. The minimum absolute atomic E-state index is 0.00606. The molecule has 0 saturated carbocycles. The molecule has 4 heteroatoms. The van der Waals surface area contributed by atoms with Crippen molar-refractivity contribution < 1.29 is 14.3 Å². The Bertz CT molecular complexity index is 371. The van der Waals surface area contributed by atoms with Gasteiger partial charge in [0.05, 0.1) is 0 Å². The molecule has 1 aliphatic heterocycles. The van der Waals surface area contributed by atoms with Crippen molar-refractivity contribution in [1.29, 1.82) is 0 Å². The topological polar surface area (TPSA) is 46.6 Å². The molecule has 2 unspecified atom stereocenters. The van der Waals surface area contributed by atoms with E-state index in [0.717, 1.165) is 19.3 Å². The fourth-order valence-corrected chi connectivity index (χ4v) is 2.73. The molecule has 1 amide bonds. The summed E-state index contributed by atoms with van der Waals surface area (Å²) in [5.41, 5.74) is -0.495. The van der Waals surface area contributed by atoms with Crippen LogP contribution in [-0.4, -0.2) is 35.0 Å². The van der Waals surface area contributed by atoms with Gasteiger partial charge in [0.15, 0.2) is 0 Å². The van der Waals surface area contributed by atoms with Crippen LogP contribution in [-0.2, 0) is 9.53 Å². The van der Waals surface area contributed by atoms with Gasteiger partial charge in [-0.05, 0) is 39.5 Å². The summed E-state index contributed by atoms with van der Waals surface area (Å²) < 4.78 is 5.49. The second-order valence-corrected chi connectivity index (χ2v) is 7.45. The van der Waals surface area contributed by atoms with Crippen molar-refractivity contribution in [3.63, 3.8) is 0 Å². The van der Waals surface area contributed by atoms with Gasteiger partial charge in [-0.25, -0.2) is 4.79 Å². The average molecular weight is 297 g/mol. The molecule has 1 saturated heterocycles. The predicted octanol–water partition coefficient (Wildman–Crippen LogP) is 4.03. The molecule has 122 valence electrons. The molecule has 2 atom stereocenters. The van der Waals surface area contributed by atoms with Crippen LogP contribution in [0.2, 0.25) is 0 Å². The van der Waals surface area contributed by atoms with Gasteiger partial charge in [-0.15, -0.1) is 0 Å². The number of amides is 1. The molecular formula is C17H31NO3. The molecule has 0 N–H and O–H groups in total. The van der Waals surface area contributed by atoms with Crippen LogP contribution in [0.1, 0.15) is 67.2 Å². The Labute approximate surface area is 129 Å². The fraction of sp³-hybridized carbons (Fsp3) is 0.882. The number of Topliss-reactive ketones (excluding diaryl/α,β-unsaturated/α-hetero) is 1. The lowest BCUT2D eigenvalue weighted by Gasteiger charge is -2.39. The van der Waals surface area contributed by atoms with E-state index in [0.29, 0.717) is 18.9 Å². The molecule has 0 aromatic carbocycles. The van der Waals surface area contributed by atoms with Crippen LogP contribution in [0.3, 0.4) is 0 Å². The zero-order valence-electron chi connectivity index (χ0n) is 14.4. The maximum absolute atomic E-state index is 12.4. The number of piperidine rings is 1. The third-order valence-electron chi connectivity index (χ3n) is 4.11. The molecule has 1 heterocycles. The number of nitrogens with zero attached hydrogens (tertiary/aromatic N) is 1. The van der Waals surface area contributed by atoms with Crippen LogP contribution in [0.4, 0.5) is 4.79 Å². The van der Waals surface area contributed by atoms with E-state index in [-0.39, 0.29) is 23.8 Å². The second-order valence-electron chi connectivity index (χ2n) is 7.45. The highest BCUT2D eigenvalue weighted by Gasteiger charge is 2.34. The summed E-state index contributed by atoms with van der Waals surface area (Å²) in [5.74, 6) is 0.853. The van der Waals surface area contributed by atoms with Crippen LogP contribution in [0.25, 0.3) is 0 Å². The van der Waals surface area contributed by atoms with Crippen LogP contribution < -0.4 is 0 Å². The van der Waals surface area contributed by atoms with Gasteiger partial charge in [0.25, 0.3) is 0 Å². The molecule has 21 heavy (non-hydrogen) atoms. The van der Waals surface area contributed by atoms with E-state index in [2.05, 4.69) is 6.92 Å². The van der Waals surface area contributed by atoms with Crippen molar-refractivity contribution in [3.8, 4) is 0 Å². The SMILES string of the molecule is CCC1CCN(C(=O)OC(C)(C)C)C(CC(=O)C(C)C)C1. The lowest BCUT2D eigenvalue weighted by molar-refractivity contribution is -0.123. The predicted molar refractivity (Wildman–Crippen MR) is 84.2 cm³/mol. The quantitative estimate of drug-likeness (QED) is 0.787. The minimum atomic E-state index is -0.495. The summed E-state index contributed by atoms with van der Waals surface area (Å²) in [6.07, 6.45) is 3.19. The Hall–Kier alpha value is -1.06. The van der Waals surface area contributed by atoms with Gasteiger partial charge in [0.2, 0.25) is 0 Å². The molecule has 0 bridgehead atoms. The highest BCUT2D eigenvalue weighted by atomic mass is 16.6. The lowest BCUT2D eigenvalue weighted by atomic mass is 9.86. The zero-order valence-corrected chi connectivity index (χ0v) is 14.4. The Morgan fingerprint density at radius 3 is 2.38 bits per heavy atom. The first-order valence-electron chi connectivity index (χ1n) is 8.16. The lowest BCUT2D eigenvalue weighted by Crippen LogP contribution is -2.49. The fourth-order valence-electron chi connectivity index (χ4n) is 2.73. The summed E-state index contributed by atoms with van der Waals surface area (Å²) in [4.78, 5) is 26.2. The number of hydrogen-bond acceptors (Lipinski definition) is 3. The van der Waals surface area contributed by atoms with Gasteiger partial charge < -0.3 is 9.64 Å². The normalized spacial score (nSPS) is 23.3. The van der Waals surface area contributed by atoms with E-state index in [1.165, 1.54) is 0 Å². The Balaban J connectivity index is 2.78. The van der Waals surface area contributed by atoms with Gasteiger partial charge in [-0.3, -0.25) is 4.79 Å². The van der Waals surface area contributed by atoms with Crippen molar-refractivity contribution in [2.24, 2.45) is 11.8 Å². The number of ketones is 1. The Morgan fingerprint density at radius 2 is 1.90 bits per heavy atom. The number of rotatable bonds is 4. The van der Waals surface area contributed by atoms with E-state index in [4.69, 9.17) is 4.74 Å². The summed E-state index contributed by atoms with van der Waals surface area (Å²) in [6.45, 7) is 12.3. The molecule has 0 aromatic rings. The smallest absolute Gasteiger partial charge is 0.410 e. The Morgan fingerprint density at radius 1 is 1.29 bits per heavy atom. The standard InChI is InChI=1S/C17H31NO3/c1-7-13-8-9-18(16(20)21-17(4,5)6)14(10-13)11-15(19)12(2)3/h12-14H,7-11H2,1-6H3. The molecule has 0 radical (unpaired) electrons. The number of ether oxygens (including phenoxy) is 1. The van der Waals surface area contributed by atoms with E-state index in [9.17, 15) is 9.59 Å². The van der Waals surface area contributed by atoms with Crippen molar-refractivity contribution in [2.45, 2.75) is 78.9 Å². The first-order chi connectivity index (χ1) is 9.64. The number of carbonyl (C=O) groups excluding carboxylic acids is 2. The number of carbonyl (C=O) groups is 2. The van der Waals surface area contributed by atoms with Crippen LogP contribution in [0, 0.1) is 11.8 Å². The van der Waals surface area contributed by atoms with Crippen molar-refractivity contribution in [2.75, 3.05) is 6.54 Å². The first-order valence-corrected chi connectivity index (χ1v) is 8.16. The van der Waals surface area contributed by atoms with E-state index in [1.807, 2.05) is 34.6 Å². The highest BCUT2D eigenvalue weighted by Crippen LogP contribution is 2.29. The highest BCUT2D eigenvalue weighted by molar-refractivity contribution is 5.81. The van der Waals surface area contributed by atoms with Gasteiger partial charge in [-0.2, -0.15) is 0 Å². The number of likely N-dealkylation sites (tertiary alicyclic amines) is 1. The third kappa shape index (κ3) is 5.68. The third-order valence-corrected chi connectivity index (χ3v) is 4.11. The summed E-state index contributed by atoms with van der Waals surface area (Å²) in [6, 6.07) is -0.00606. The van der Waals surface area contributed by atoms with Crippen LogP contribution >= 0.6 is 0 Å². The largest absolute Gasteiger partial charge is 0.444 e. The number of hydrogen-bond donors (Lipinski definition) is 0. The summed E-state index contributed by atoms with van der Waals surface area (Å²) >= 11 is 0. The van der Waals surface area contributed by atoms with E-state index in [1.54, 1.807) is 4.90 Å². The molecule has 4 nitrogen and oxygen atoms in total. The van der Waals surface area contributed by atoms with E-state index >= 15 is 0 Å². The van der Waals surface area contributed by atoms with Crippen molar-refractivity contribution in [1.82, 2.24) is 4.90 Å². The molecule has 1 rings (SSSR count). The zero-order chi connectivity index (χ0) is 16.2. The second kappa shape index (κ2) is 7.28. The van der Waals surface area contributed by atoms with Gasteiger partial charge in [0.1, 0.15) is 11.4 Å². The molecule has 0 aliphatic carbocycles.